The molecule has 0 radical (unpaired) electrons. The average Bonchev–Trinajstić information content (AvgIpc) is 2.46. The molecule has 0 aliphatic heterocycles. The second-order valence-electron chi connectivity index (χ2n) is 5.21. The molecule has 0 spiro atoms. The first kappa shape index (κ1) is 17.1. The van der Waals surface area contributed by atoms with Crippen LogP contribution in [0.2, 0.25) is 0 Å². The van der Waals surface area contributed by atoms with E-state index < -0.39 is 11.9 Å². The zero-order valence-corrected chi connectivity index (χ0v) is 13.0. The molecule has 0 fully saturated rings. The quantitative estimate of drug-likeness (QED) is 0.876. The van der Waals surface area contributed by atoms with Crippen molar-refractivity contribution >= 4 is 11.8 Å². The van der Waals surface area contributed by atoms with Gasteiger partial charge >= 0.3 is 0 Å². The third kappa shape index (κ3) is 4.55. The van der Waals surface area contributed by atoms with E-state index in [0.29, 0.717) is 18.7 Å². The smallest absolute Gasteiger partial charge is 0.251 e. The second kappa shape index (κ2) is 7.76. The van der Waals surface area contributed by atoms with Crippen molar-refractivity contribution in [3.63, 3.8) is 0 Å². The first-order valence-corrected chi connectivity index (χ1v) is 7.25. The van der Waals surface area contributed by atoms with Crippen LogP contribution in [0.15, 0.2) is 24.3 Å². The fourth-order valence-electron chi connectivity index (χ4n) is 2.07. The number of nitrogens with zero attached hydrogens (tertiary/aromatic N) is 1. The lowest BCUT2D eigenvalue weighted by Gasteiger charge is -2.28. The molecule has 0 bridgehead atoms. The largest absolute Gasteiger partial charge is 0.341 e. The minimum Gasteiger partial charge on any atom is -0.341 e. The predicted molar refractivity (Wildman–Crippen MR) is 80.4 cm³/mol. The number of likely N-dealkylation sites (N-methyl/N-ethyl adjacent to an activating group) is 1. The molecule has 5 heteroatoms. The van der Waals surface area contributed by atoms with E-state index in [1.165, 1.54) is 24.3 Å². The van der Waals surface area contributed by atoms with Gasteiger partial charge in [-0.05, 0) is 44.0 Å². The Morgan fingerprint density at radius 3 is 2.10 bits per heavy atom. The number of hydrogen-bond acceptors (Lipinski definition) is 2. The maximum atomic E-state index is 12.9. The number of nitrogens with one attached hydrogen (secondary N) is 1. The molecule has 1 rings (SSSR count). The van der Waals surface area contributed by atoms with Crippen molar-refractivity contribution in [1.82, 2.24) is 10.2 Å². The number of carbonyl (C=O) groups is 2. The molecule has 1 unspecified atom stereocenters. The summed E-state index contributed by atoms with van der Waals surface area (Å²) in [5.41, 5.74) is 0.342. The normalized spacial score (nSPS) is 12.1. The summed E-state index contributed by atoms with van der Waals surface area (Å²) < 4.78 is 12.9. The molecule has 0 saturated carbocycles. The van der Waals surface area contributed by atoms with Gasteiger partial charge in [-0.15, -0.1) is 0 Å². The SMILES string of the molecule is CCN(CC)C(=O)C(NC(=O)c1ccc(F)cc1)C(C)C. The van der Waals surface area contributed by atoms with E-state index in [-0.39, 0.29) is 17.7 Å². The van der Waals surface area contributed by atoms with Crippen molar-refractivity contribution in [1.29, 1.82) is 0 Å². The maximum Gasteiger partial charge on any atom is 0.251 e. The van der Waals surface area contributed by atoms with Gasteiger partial charge in [0.1, 0.15) is 11.9 Å². The second-order valence-corrected chi connectivity index (χ2v) is 5.21. The molecule has 4 nitrogen and oxygen atoms in total. The highest BCUT2D eigenvalue weighted by Gasteiger charge is 2.27. The van der Waals surface area contributed by atoms with Gasteiger partial charge in [-0.3, -0.25) is 9.59 Å². The summed E-state index contributed by atoms with van der Waals surface area (Å²) in [6, 6.07) is 4.69. The van der Waals surface area contributed by atoms with Crippen LogP contribution in [0.4, 0.5) is 4.39 Å². The summed E-state index contributed by atoms with van der Waals surface area (Å²) in [5.74, 6) is -0.881. The van der Waals surface area contributed by atoms with Crippen LogP contribution in [0.5, 0.6) is 0 Å². The predicted octanol–water partition coefficient (Wildman–Crippen LogP) is 2.45. The Labute approximate surface area is 125 Å². The average molecular weight is 294 g/mol. The third-order valence-electron chi connectivity index (χ3n) is 3.40. The summed E-state index contributed by atoms with van der Waals surface area (Å²) >= 11 is 0. The van der Waals surface area contributed by atoms with Crippen LogP contribution in [-0.4, -0.2) is 35.8 Å². The van der Waals surface area contributed by atoms with Crippen LogP contribution in [0, 0.1) is 11.7 Å². The van der Waals surface area contributed by atoms with Gasteiger partial charge in [0.15, 0.2) is 0 Å². The van der Waals surface area contributed by atoms with E-state index in [9.17, 15) is 14.0 Å². The standard InChI is InChI=1S/C16H23FN2O2/c1-5-19(6-2)16(21)14(11(3)4)18-15(20)12-7-9-13(17)10-8-12/h7-11,14H,5-6H2,1-4H3,(H,18,20). The van der Waals surface area contributed by atoms with E-state index in [0.717, 1.165) is 0 Å². The highest BCUT2D eigenvalue weighted by molar-refractivity contribution is 5.97. The molecule has 1 aromatic rings. The molecule has 2 amide bonds. The van der Waals surface area contributed by atoms with Crippen LogP contribution in [0.1, 0.15) is 38.1 Å². The fraction of sp³-hybridized carbons (Fsp3) is 0.500. The fourth-order valence-corrected chi connectivity index (χ4v) is 2.07. The molecule has 0 heterocycles. The zero-order chi connectivity index (χ0) is 16.0. The van der Waals surface area contributed by atoms with E-state index in [4.69, 9.17) is 0 Å². The Morgan fingerprint density at radius 2 is 1.67 bits per heavy atom. The van der Waals surface area contributed by atoms with E-state index >= 15 is 0 Å². The summed E-state index contributed by atoms with van der Waals surface area (Å²) in [7, 11) is 0. The Balaban J connectivity index is 2.85. The highest BCUT2D eigenvalue weighted by atomic mass is 19.1. The number of carbonyl (C=O) groups excluding carboxylic acids is 2. The Bertz CT molecular complexity index is 482. The molecule has 0 aliphatic rings. The van der Waals surface area contributed by atoms with Crippen molar-refractivity contribution in [3.05, 3.63) is 35.6 Å². The Hall–Kier alpha value is -1.91. The molecule has 1 aromatic carbocycles. The summed E-state index contributed by atoms with van der Waals surface area (Å²) in [5, 5.41) is 2.75. The van der Waals surface area contributed by atoms with Gasteiger partial charge in [0, 0.05) is 18.7 Å². The maximum absolute atomic E-state index is 12.9. The minimum absolute atomic E-state index is 0.0255. The van der Waals surface area contributed by atoms with Gasteiger partial charge in [0.25, 0.3) is 5.91 Å². The van der Waals surface area contributed by atoms with Crippen LogP contribution in [0.25, 0.3) is 0 Å². The molecule has 0 aromatic heterocycles. The van der Waals surface area contributed by atoms with Crippen molar-refractivity contribution in [2.75, 3.05) is 13.1 Å². The lowest BCUT2D eigenvalue weighted by Crippen LogP contribution is -2.51. The number of hydrogen-bond donors (Lipinski definition) is 1. The third-order valence-corrected chi connectivity index (χ3v) is 3.40. The molecule has 1 atom stereocenters. The number of halogens is 1. The Kier molecular flexibility index (Phi) is 6.34. The molecule has 0 aliphatic carbocycles. The van der Waals surface area contributed by atoms with Crippen LogP contribution in [-0.2, 0) is 4.79 Å². The van der Waals surface area contributed by atoms with Gasteiger partial charge in [-0.25, -0.2) is 4.39 Å². The van der Waals surface area contributed by atoms with Crippen molar-refractivity contribution < 1.29 is 14.0 Å². The van der Waals surface area contributed by atoms with E-state index in [1.54, 1.807) is 4.90 Å². The first-order chi connectivity index (χ1) is 9.90. The van der Waals surface area contributed by atoms with Crippen molar-refractivity contribution in [3.8, 4) is 0 Å². The zero-order valence-electron chi connectivity index (χ0n) is 13.0. The summed E-state index contributed by atoms with van der Waals surface area (Å²) in [6.07, 6.45) is 0. The lowest BCUT2D eigenvalue weighted by atomic mass is 10.0. The van der Waals surface area contributed by atoms with Gasteiger partial charge in [0.05, 0.1) is 0 Å². The van der Waals surface area contributed by atoms with E-state index in [2.05, 4.69) is 5.32 Å². The monoisotopic (exact) mass is 294 g/mol. The topological polar surface area (TPSA) is 49.4 Å². The Morgan fingerprint density at radius 1 is 1.14 bits per heavy atom. The van der Waals surface area contributed by atoms with Crippen LogP contribution in [0.3, 0.4) is 0 Å². The van der Waals surface area contributed by atoms with Crippen LogP contribution < -0.4 is 5.32 Å². The molecular weight excluding hydrogens is 271 g/mol. The lowest BCUT2D eigenvalue weighted by molar-refractivity contribution is -0.133. The first-order valence-electron chi connectivity index (χ1n) is 7.25. The van der Waals surface area contributed by atoms with Gasteiger partial charge in [-0.1, -0.05) is 13.8 Å². The molecule has 21 heavy (non-hydrogen) atoms. The van der Waals surface area contributed by atoms with E-state index in [1.807, 2.05) is 27.7 Å². The number of amides is 2. The summed E-state index contributed by atoms with van der Waals surface area (Å²) in [6.45, 7) is 8.78. The van der Waals surface area contributed by atoms with Gasteiger partial charge in [0.2, 0.25) is 5.91 Å². The molecule has 0 saturated heterocycles. The minimum atomic E-state index is -0.581. The summed E-state index contributed by atoms with van der Waals surface area (Å²) in [4.78, 5) is 26.3. The van der Waals surface area contributed by atoms with Crippen LogP contribution >= 0.6 is 0 Å². The number of rotatable bonds is 6. The highest BCUT2D eigenvalue weighted by Crippen LogP contribution is 2.09. The van der Waals surface area contributed by atoms with Gasteiger partial charge in [-0.2, -0.15) is 0 Å². The van der Waals surface area contributed by atoms with Crippen molar-refractivity contribution in [2.45, 2.75) is 33.7 Å². The van der Waals surface area contributed by atoms with Crippen molar-refractivity contribution in [2.24, 2.45) is 5.92 Å². The molecular formula is C16H23FN2O2. The number of benzene rings is 1. The molecule has 116 valence electrons. The molecule has 1 N–H and O–H groups in total. The van der Waals surface area contributed by atoms with Gasteiger partial charge < -0.3 is 10.2 Å².